The van der Waals surface area contributed by atoms with E-state index in [0.29, 0.717) is 0 Å². The van der Waals surface area contributed by atoms with Crippen molar-refractivity contribution in [3.8, 4) is 0 Å². The summed E-state index contributed by atoms with van der Waals surface area (Å²) in [5, 5.41) is 3.75. The number of rotatable bonds is 2. The number of hydrogen-bond donors (Lipinski definition) is 0. The van der Waals surface area contributed by atoms with Gasteiger partial charge in [-0.05, 0) is 40.3 Å². The zero-order valence-electron chi connectivity index (χ0n) is 6.77. The van der Waals surface area contributed by atoms with Crippen LogP contribution in [0.2, 0.25) is 0 Å². The Kier molecular flexibility index (Phi) is 2.58. The molecular formula is C9H7IN2O. The molecule has 0 unspecified atom stereocenters. The summed E-state index contributed by atoms with van der Waals surface area (Å²) < 4.78 is 5.87. The van der Waals surface area contributed by atoms with Crippen molar-refractivity contribution in [1.82, 2.24) is 10.1 Å². The summed E-state index contributed by atoms with van der Waals surface area (Å²) in [6, 6.07) is 8.24. The van der Waals surface area contributed by atoms with Crippen LogP contribution in [0.1, 0.15) is 11.4 Å². The Hall–Kier alpha value is -0.910. The molecule has 13 heavy (non-hydrogen) atoms. The molecule has 0 N–H and O–H groups in total. The molecule has 0 aliphatic rings. The molecule has 3 nitrogen and oxygen atoms in total. The Balaban J connectivity index is 2.19. The van der Waals surface area contributed by atoms with Gasteiger partial charge in [0.2, 0.25) is 6.39 Å². The third kappa shape index (κ3) is 2.27. The fourth-order valence-corrected chi connectivity index (χ4v) is 1.71. The number of hydrogen-bond acceptors (Lipinski definition) is 3. The van der Waals surface area contributed by atoms with Gasteiger partial charge in [-0.3, -0.25) is 0 Å². The average Bonchev–Trinajstić information content (AvgIpc) is 2.57. The highest BCUT2D eigenvalue weighted by Crippen LogP contribution is 2.10. The van der Waals surface area contributed by atoms with Gasteiger partial charge in [-0.1, -0.05) is 17.3 Å². The van der Waals surface area contributed by atoms with Gasteiger partial charge in [-0.2, -0.15) is 4.98 Å². The van der Waals surface area contributed by atoms with E-state index in [2.05, 4.69) is 55.5 Å². The molecule has 0 aliphatic carbocycles. The highest BCUT2D eigenvalue weighted by atomic mass is 127. The molecule has 0 spiro atoms. The Morgan fingerprint density at radius 2 is 2.31 bits per heavy atom. The van der Waals surface area contributed by atoms with Crippen LogP contribution in [0.25, 0.3) is 0 Å². The van der Waals surface area contributed by atoms with E-state index < -0.39 is 0 Å². The standard InChI is InChI=1S/C9H7IN2O/c10-8-3-1-2-7(4-8)5-9-11-6-13-12-9/h1-4,6H,5H2. The van der Waals surface area contributed by atoms with Crippen molar-refractivity contribution in [2.75, 3.05) is 0 Å². The summed E-state index contributed by atoms with van der Waals surface area (Å²) in [7, 11) is 0. The van der Waals surface area contributed by atoms with E-state index in [0.717, 1.165) is 12.2 Å². The van der Waals surface area contributed by atoms with Crippen LogP contribution < -0.4 is 0 Å². The summed E-state index contributed by atoms with van der Waals surface area (Å²) in [5.74, 6) is 0.724. The molecule has 0 saturated carbocycles. The summed E-state index contributed by atoms with van der Waals surface area (Å²) in [4.78, 5) is 3.96. The smallest absolute Gasteiger partial charge is 0.213 e. The van der Waals surface area contributed by atoms with Crippen LogP contribution in [-0.2, 0) is 6.42 Å². The summed E-state index contributed by atoms with van der Waals surface area (Å²) in [6.45, 7) is 0. The van der Waals surface area contributed by atoms with Gasteiger partial charge >= 0.3 is 0 Å². The van der Waals surface area contributed by atoms with Crippen molar-refractivity contribution in [2.24, 2.45) is 0 Å². The van der Waals surface area contributed by atoms with Crippen molar-refractivity contribution < 1.29 is 4.52 Å². The lowest BCUT2D eigenvalue weighted by molar-refractivity contribution is 0.411. The lowest BCUT2D eigenvalue weighted by Crippen LogP contribution is -1.90. The lowest BCUT2D eigenvalue weighted by atomic mass is 10.1. The Morgan fingerprint density at radius 1 is 1.38 bits per heavy atom. The summed E-state index contributed by atoms with van der Waals surface area (Å²) >= 11 is 2.28. The number of nitrogens with zero attached hydrogens (tertiary/aromatic N) is 2. The van der Waals surface area contributed by atoms with Gasteiger partial charge in [0.05, 0.1) is 0 Å². The van der Waals surface area contributed by atoms with Crippen LogP contribution in [0.15, 0.2) is 35.2 Å². The quantitative estimate of drug-likeness (QED) is 0.795. The molecule has 4 heteroatoms. The second-order valence-corrected chi connectivity index (χ2v) is 3.90. The normalized spacial score (nSPS) is 10.2. The first-order valence-electron chi connectivity index (χ1n) is 3.84. The van der Waals surface area contributed by atoms with Crippen LogP contribution >= 0.6 is 22.6 Å². The Bertz CT molecular complexity index is 386. The van der Waals surface area contributed by atoms with E-state index in [1.165, 1.54) is 15.5 Å². The fourth-order valence-electron chi connectivity index (χ4n) is 1.10. The van der Waals surface area contributed by atoms with Gasteiger partial charge in [0, 0.05) is 9.99 Å². The van der Waals surface area contributed by atoms with Gasteiger partial charge < -0.3 is 4.52 Å². The first-order chi connectivity index (χ1) is 6.34. The maximum Gasteiger partial charge on any atom is 0.213 e. The first-order valence-corrected chi connectivity index (χ1v) is 4.92. The van der Waals surface area contributed by atoms with Crippen molar-refractivity contribution in [3.63, 3.8) is 0 Å². The van der Waals surface area contributed by atoms with E-state index in [1.54, 1.807) is 0 Å². The molecule has 0 radical (unpaired) electrons. The van der Waals surface area contributed by atoms with E-state index in [9.17, 15) is 0 Å². The highest BCUT2D eigenvalue weighted by molar-refractivity contribution is 14.1. The molecule has 0 atom stereocenters. The summed E-state index contributed by atoms with van der Waals surface area (Å²) in [6.07, 6.45) is 2.08. The van der Waals surface area contributed by atoms with Crippen LogP contribution in [0.4, 0.5) is 0 Å². The predicted molar refractivity (Wildman–Crippen MR) is 56.3 cm³/mol. The van der Waals surface area contributed by atoms with Gasteiger partial charge in [-0.15, -0.1) is 0 Å². The van der Waals surface area contributed by atoms with Crippen molar-refractivity contribution in [1.29, 1.82) is 0 Å². The van der Waals surface area contributed by atoms with Crippen molar-refractivity contribution in [2.45, 2.75) is 6.42 Å². The van der Waals surface area contributed by atoms with Crippen molar-refractivity contribution >= 4 is 22.6 Å². The predicted octanol–water partition coefficient (Wildman–Crippen LogP) is 2.26. The van der Waals surface area contributed by atoms with Gasteiger partial charge in [-0.25, -0.2) is 0 Å². The molecule has 1 aromatic heterocycles. The molecule has 0 amide bonds. The topological polar surface area (TPSA) is 38.9 Å². The van der Waals surface area contributed by atoms with Gasteiger partial charge in [0.1, 0.15) is 0 Å². The summed E-state index contributed by atoms with van der Waals surface area (Å²) in [5.41, 5.74) is 1.20. The Labute approximate surface area is 89.3 Å². The highest BCUT2D eigenvalue weighted by Gasteiger charge is 2.00. The molecule has 0 fully saturated rings. The molecule has 1 heterocycles. The minimum Gasteiger partial charge on any atom is -0.343 e. The number of halogens is 1. The van der Waals surface area contributed by atoms with Crippen LogP contribution in [0.5, 0.6) is 0 Å². The minimum absolute atomic E-state index is 0.724. The lowest BCUT2D eigenvalue weighted by Gasteiger charge is -1.96. The molecule has 0 saturated heterocycles. The van der Waals surface area contributed by atoms with E-state index >= 15 is 0 Å². The number of aromatic nitrogens is 2. The average molecular weight is 286 g/mol. The van der Waals surface area contributed by atoms with Crippen LogP contribution in [0.3, 0.4) is 0 Å². The first kappa shape index (κ1) is 8.68. The minimum atomic E-state index is 0.724. The zero-order chi connectivity index (χ0) is 9.10. The maximum atomic E-state index is 4.65. The Morgan fingerprint density at radius 3 is 3.00 bits per heavy atom. The second kappa shape index (κ2) is 3.87. The third-order valence-electron chi connectivity index (χ3n) is 1.66. The van der Waals surface area contributed by atoms with Crippen LogP contribution in [0, 0.1) is 3.57 Å². The van der Waals surface area contributed by atoms with E-state index in [-0.39, 0.29) is 0 Å². The molecule has 2 rings (SSSR count). The van der Waals surface area contributed by atoms with Crippen LogP contribution in [-0.4, -0.2) is 10.1 Å². The fraction of sp³-hybridized carbons (Fsp3) is 0.111. The third-order valence-corrected chi connectivity index (χ3v) is 2.33. The monoisotopic (exact) mass is 286 g/mol. The largest absolute Gasteiger partial charge is 0.343 e. The second-order valence-electron chi connectivity index (χ2n) is 2.65. The maximum absolute atomic E-state index is 4.65. The molecule has 0 aliphatic heterocycles. The van der Waals surface area contributed by atoms with Gasteiger partial charge in [0.15, 0.2) is 5.82 Å². The number of benzene rings is 1. The molecule has 66 valence electrons. The zero-order valence-corrected chi connectivity index (χ0v) is 8.93. The molecule has 1 aromatic carbocycles. The van der Waals surface area contributed by atoms with Crippen molar-refractivity contribution in [3.05, 3.63) is 45.6 Å². The SMILES string of the molecule is Ic1cccc(Cc2ncon2)c1. The molecule has 0 bridgehead atoms. The van der Waals surface area contributed by atoms with E-state index in [1.807, 2.05) is 6.07 Å². The van der Waals surface area contributed by atoms with Gasteiger partial charge in [0.25, 0.3) is 0 Å². The van der Waals surface area contributed by atoms with E-state index in [4.69, 9.17) is 0 Å². The molecule has 2 aromatic rings. The molecular weight excluding hydrogens is 279 g/mol.